The Balaban J connectivity index is 2.77. The van der Waals surface area contributed by atoms with Gasteiger partial charge in [0.1, 0.15) is 5.15 Å². The molecule has 2 aromatic rings. The van der Waals surface area contributed by atoms with E-state index >= 15 is 0 Å². The van der Waals surface area contributed by atoms with Gasteiger partial charge in [0.25, 0.3) is 5.82 Å². The van der Waals surface area contributed by atoms with Gasteiger partial charge in [-0.1, -0.05) is 30.1 Å². The predicted molar refractivity (Wildman–Crippen MR) is 57.4 cm³/mol. The van der Waals surface area contributed by atoms with Gasteiger partial charge in [-0.3, -0.25) is 0 Å². The highest BCUT2D eigenvalue weighted by Crippen LogP contribution is 2.30. The van der Waals surface area contributed by atoms with Crippen molar-refractivity contribution in [2.75, 3.05) is 0 Å². The number of alkyl halides is 3. The lowest BCUT2D eigenvalue weighted by atomic mass is 10.2. The van der Waals surface area contributed by atoms with Gasteiger partial charge in [0.05, 0.1) is 5.02 Å². The largest absolute Gasteiger partial charge is 0.453 e. The summed E-state index contributed by atoms with van der Waals surface area (Å²) in [5.41, 5.74) is 0.518. The molecule has 8 heteroatoms. The van der Waals surface area contributed by atoms with Crippen molar-refractivity contribution in [2.45, 2.75) is 19.5 Å². The molecular weight excluding hydrogens is 278 g/mol. The molecule has 92 valence electrons. The molecule has 0 saturated carbocycles. The van der Waals surface area contributed by atoms with Crippen molar-refractivity contribution < 1.29 is 13.2 Å². The normalized spacial score (nSPS) is 12.4. The fraction of sp³-hybridized carbons (Fsp3) is 0.333. The molecule has 2 rings (SSSR count). The molecule has 0 amide bonds. The summed E-state index contributed by atoms with van der Waals surface area (Å²) < 4.78 is 38.3. The first kappa shape index (κ1) is 12.4. The summed E-state index contributed by atoms with van der Waals surface area (Å²) in [6.45, 7) is 1.81. The van der Waals surface area contributed by atoms with E-state index in [-0.39, 0.29) is 15.8 Å². The molecule has 17 heavy (non-hydrogen) atoms. The first-order valence-electron chi connectivity index (χ1n) is 4.65. The van der Waals surface area contributed by atoms with E-state index < -0.39 is 12.0 Å². The molecule has 0 aliphatic carbocycles. The Morgan fingerprint density at radius 2 is 2.00 bits per heavy atom. The maximum absolute atomic E-state index is 12.4. The van der Waals surface area contributed by atoms with Crippen LogP contribution in [-0.2, 0) is 12.6 Å². The molecule has 2 aromatic heterocycles. The van der Waals surface area contributed by atoms with Gasteiger partial charge in [0.2, 0.25) is 0 Å². The molecule has 3 nitrogen and oxygen atoms in total. The zero-order chi connectivity index (χ0) is 12.8. The second-order valence-electron chi connectivity index (χ2n) is 3.33. The highest BCUT2D eigenvalue weighted by atomic mass is 35.5. The van der Waals surface area contributed by atoms with E-state index in [4.69, 9.17) is 23.2 Å². The highest BCUT2D eigenvalue weighted by molar-refractivity contribution is 6.35. The van der Waals surface area contributed by atoms with Gasteiger partial charge in [-0.15, -0.1) is 5.10 Å². The Morgan fingerprint density at radius 1 is 1.35 bits per heavy atom. The lowest BCUT2D eigenvalue weighted by molar-refractivity contribution is -0.144. The Hall–Kier alpha value is -1.01. The first-order valence-corrected chi connectivity index (χ1v) is 5.41. The van der Waals surface area contributed by atoms with Crippen LogP contribution in [0.25, 0.3) is 5.65 Å². The van der Waals surface area contributed by atoms with E-state index in [2.05, 4.69) is 10.1 Å². The van der Waals surface area contributed by atoms with Crippen LogP contribution in [0.3, 0.4) is 0 Å². The number of pyridine rings is 1. The molecule has 0 fully saturated rings. The summed E-state index contributed by atoms with van der Waals surface area (Å²) in [5.74, 6) is -1.26. The molecule has 0 bridgehead atoms. The van der Waals surface area contributed by atoms with Crippen LogP contribution in [0.1, 0.15) is 18.3 Å². The summed E-state index contributed by atoms with van der Waals surface area (Å²) in [5, 5.41) is 3.50. The smallest absolute Gasteiger partial charge is 0.202 e. The Bertz CT molecular complexity index is 577. The van der Waals surface area contributed by atoms with Gasteiger partial charge in [0, 0.05) is 0 Å². The van der Waals surface area contributed by atoms with Crippen molar-refractivity contribution in [3.8, 4) is 0 Å². The van der Waals surface area contributed by atoms with Gasteiger partial charge in [-0.2, -0.15) is 17.7 Å². The second kappa shape index (κ2) is 4.03. The van der Waals surface area contributed by atoms with Crippen molar-refractivity contribution >= 4 is 28.8 Å². The Morgan fingerprint density at radius 3 is 2.53 bits per heavy atom. The Labute approximate surface area is 104 Å². The Kier molecular flexibility index (Phi) is 2.95. The number of aryl methyl sites for hydroxylation is 1. The van der Waals surface area contributed by atoms with Gasteiger partial charge >= 0.3 is 6.18 Å². The molecule has 0 saturated heterocycles. The van der Waals surface area contributed by atoms with Crippen LogP contribution in [0.2, 0.25) is 10.2 Å². The van der Waals surface area contributed by atoms with Crippen molar-refractivity contribution in [3.63, 3.8) is 0 Å². The number of hydrogen-bond acceptors (Lipinski definition) is 2. The van der Waals surface area contributed by atoms with Gasteiger partial charge in [-0.05, 0) is 18.1 Å². The van der Waals surface area contributed by atoms with Crippen LogP contribution in [0.5, 0.6) is 0 Å². The minimum atomic E-state index is -4.62. The molecule has 0 aromatic carbocycles. The fourth-order valence-corrected chi connectivity index (χ4v) is 1.94. The van der Waals surface area contributed by atoms with Gasteiger partial charge < -0.3 is 0 Å². The van der Waals surface area contributed by atoms with Crippen molar-refractivity contribution in [2.24, 2.45) is 0 Å². The zero-order valence-electron chi connectivity index (χ0n) is 8.52. The monoisotopic (exact) mass is 283 g/mol. The number of halogens is 5. The summed E-state index contributed by atoms with van der Waals surface area (Å²) in [4.78, 5) is 3.33. The van der Waals surface area contributed by atoms with Crippen LogP contribution < -0.4 is 0 Å². The molecule has 0 N–H and O–H groups in total. The highest BCUT2D eigenvalue weighted by Gasteiger charge is 2.37. The third-order valence-corrected chi connectivity index (χ3v) is 2.89. The SMILES string of the molecule is CCc1cc(Cl)c2nc(C(F)(F)F)nn2c1Cl. The molecule has 2 heterocycles. The summed E-state index contributed by atoms with van der Waals surface area (Å²) in [6, 6.07) is 1.49. The van der Waals surface area contributed by atoms with E-state index in [1.54, 1.807) is 0 Å². The molecule has 0 aliphatic heterocycles. The van der Waals surface area contributed by atoms with Gasteiger partial charge in [-0.25, -0.2) is 4.98 Å². The van der Waals surface area contributed by atoms with Crippen LogP contribution in [0.4, 0.5) is 13.2 Å². The summed E-state index contributed by atoms with van der Waals surface area (Å²) in [6.07, 6.45) is -4.08. The quantitative estimate of drug-likeness (QED) is 0.749. The van der Waals surface area contributed by atoms with Crippen LogP contribution >= 0.6 is 23.2 Å². The van der Waals surface area contributed by atoms with Crippen molar-refractivity contribution in [3.05, 3.63) is 27.6 Å². The van der Waals surface area contributed by atoms with Crippen molar-refractivity contribution in [1.82, 2.24) is 14.6 Å². The van der Waals surface area contributed by atoms with Crippen LogP contribution in [0.15, 0.2) is 6.07 Å². The molecule has 0 aliphatic rings. The third kappa shape index (κ3) is 2.07. The number of aromatic nitrogens is 3. The van der Waals surface area contributed by atoms with E-state index in [0.29, 0.717) is 12.0 Å². The fourth-order valence-electron chi connectivity index (χ4n) is 1.38. The lowest BCUT2D eigenvalue weighted by Gasteiger charge is -2.03. The standard InChI is InChI=1S/C9H6Cl2F3N3/c1-2-4-3-5(10)7-15-8(9(12,13)14)16-17(7)6(4)11/h3H,2H2,1H3. The van der Waals surface area contributed by atoms with E-state index in [1.807, 2.05) is 6.92 Å². The van der Waals surface area contributed by atoms with E-state index in [9.17, 15) is 13.2 Å². The average molecular weight is 284 g/mol. The predicted octanol–water partition coefficient (Wildman–Crippen LogP) is 3.62. The van der Waals surface area contributed by atoms with Crippen molar-refractivity contribution in [1.29, 1.82) is 0 Å². The van der Waals surface area contributed by atoms with Crippen LogP contribution in [-0.4, -0.2) is 14.6 Å². The number of rotatable bonds is 1. The minimum absolute atomic E-state index is 0.0919. The lowest BCUT2D eigenvalue weighted by Crippen LogP contribution is -2.07. The van der Waals surface area contributed by atoms with E-state index in [1.165, 1.54) is 6.07 Å². The molecule has 0 spiro atoms. The number of hydrogen-bond donors (Lipinski definition) is 0. The topological polar surface area (TPSA) is 30.2 Å². The average Bonchev–Trinajstić information content (AvgIpc) is 2.68. The minimum Gasteiger partial charge on any atom is -0.202 e. The van der Waals surface area contributed by atoms with Gasteiger partial charge in [0.15, 0.2) is 5.65 Å². The zero-order valence-corrected chi connectivity index (χ0v) is 10.0. The number of fused-ring (bicyclic) bond motifs is 1. The first-order chi connectivity index (χ1) is 7.84. The summed E-state index contributed by atoms with van der Waals surface area (Å²) in [7, 11) is 0. The maximum Gasteiger partial charge on any atom is 0.453 e. The third-order valence-electron chi connectivity index (χ3n) is 2.21. The van der Waals surface area contributed by atoms with Crippen LogP contribution in [0, 0.1) is 0 Å². The second-order valence-corrected chi connectivity index (χ2v) is 4.10. The molecular formula is C9H6Cl2F3N3. The molecule has 0 radical (unpaired) electrons. The van der Waals surface area contributed by atoms with E-state index in [0.717, 1.165) is 4.52 Å². The number of nitrogens with zero attached hydrogens (tertiary/aromatic N) is 3. The molecule has 0 atom stereocenters. The summed E-state index contributed by atoms with van der Waals surface area (Å²) >= 11 is 11.7. The maximum atomic E-state index is 12.4. The molecule has 0 unspecified atom stereocenters.